The number of hydrogen-bond donors (Lipinski definition) is 2. The smallest absolute Gasteiger partial charge is 0.140 e. The van der Waals surface area contributed by atoms with E-state index >= 15 is 0 Å². The van der Waals surface area contributed by atoms with Crippen LogP contribution in [-0.4, -0.2) is 82.1 Å². The molecule has 0 radical (unpaired) electrons. The zero-order valence-corrected chi connectivity index (χ0v) is 21.5. The summed E-state index contributed by atoms with van der Waals surface area (Å²) in [5, 5.41) is 23.2. The predicted octanol–water partition coefficient (Wildman–Crippen LogP) is 4.57. The van der Waals surface area contributed by atoms with Gasteiger partial charge < -0.3 is 19.7 Å². The summed E-state index contributed by atoms with van der Waals surface area (Å²) >= 11 is 0. The number of fused-ring (bicyclic) bond motifs is 2. The molecule has 0 aliphatic carbocycles. The van der Waals surface area contributed by atoms with E-state index in [4.69, 9.17) is 9.47 Å². The van der Waals surface area contributed by atoms with Gasteiger partial charge in [0, 0.05) is 26.2 Å². The van der Waals surface area contributed by atoms with Crippen molar-refractivity contribution in [2.75, 3.05) is 26.2 Å². The van der Waals surface area contributed by atoms with Crippen LogP contribution in [0.25, 0.3) is 0 Å². The first-order chi connectivity index (χ1) is 16.6. The van der Waals surface area contributed by atoms with Gasteiger partial charge in [0.05, 0.1) is 12.2 Å². The van der Waals surface area contributed by atoms with Crippen molar-refractivity contribution < 1.29 is 19.7 Å². The van der Waals surface area contributed by atoms with Gasteiger partial charge in [-0.3, -0.25) is 9.80 Å². The van der Waals surface area contributed by atoms with Gasteiger partial charge in [0.15, 0.2) is 0 Å². The van der Waals surface area contributed by atoms with Crippen molar-refractivity contribution >= 4 is 0 Å². The summed E-state index contributed by atoms with van der Waals surface area (Å²) in [7, 11) is 0. The van der Waals surface area contributed by atoms with E-state index in [0.717, 1.165) is 103 Å². The second-order valence-corrected chi connectivity index (χ2v) is 12.2. The molecule has 5 rings (SSSR count). The average molecular weight is 479 g/mol. The fourth-order valence-electron chi connectivity index (χ4n) is 7.58. The van der Waals surface area contributed by atoms with E-state index in [0.29, 0.717) is 12.2 Å². The van der Waals surface area contributed by atoms with Crippen molar-refractivity contribution in [2.24, 2.45) is 0 Å². The Labute approximate surface area is 207 Å². The van der Waals surface area contributed by atoms with Crippen LogP contribution in [0.5, 0.6) is 0 Å². The normalized spacial score (nSPS) is 44.3. The van der Waals surface area contributed by atoms with E-state index in [2.05, 4.69) is 9.80 Å². The summed E-state index contributed by atoms with van der Waals surface area (Å²) in [6.45, 7) is 4.29. The zero-order chi connectivity index (χ0) is 23.4. The molecule has 0 aromatic carbocycles. The molecule has 5 aliphatic rings. The van der Waals surface area contributed by atoms with Crippen LogP contribution < -0.4 is 0 Å². The van der Waals surface area contributed by atoms with Crippen molar-refractivity contribution in [3.05, 3.63) is 0 Å². The van der Waals surface area contributed by atoms with Crippen LogP contribution in [0.1, 0.15) is 116 Å². The van der Waals surface area contributed by atoms with Gasteiger partial charge >= 0.3 is 0 Å². The molecule has 0 unspecified atom stereocenters. The first kappa shape index (κ1) is 25.4. The molecular formula is C28H50N2O4. The van der Waals surface area contributed by atoms with E-state index in [1.165, 1.54) is 38.5 Å². The molecule has 6 nitrogen and oxygen atoms in total. The lowest BCUT2D eigenvalue weighted by molar-refractivity contribution is -0.246. The molecule has 0 saturated carbocycles. The lowest BCUT2D eigenvalue weighted by atomic mass is 9.83. The largest absolute Gasteiger partial charge is 0.386 e. The molecule has 0 spiro atoms. The molecule has 6 heteroatoms. The van der Waals surface area contributed by atoms with Gasteiger partial charge in [-0.2, -0.15) is 0 Å². The van der Waals surface area contributed by atoms with Crippen LogP contribution in [0.2, 0.25) is 0 Å². The monoisotopic (exact) mass is 478 g/mol. The fraction of sp³-hybridized carbons (Fsp3) is 1.00. The molecule has 6 atom stereocenters. The molecule has 0 aromatic heterocycles. The Morgan fingerprint density at radius 1 is 0.471 bits per heavy atom. The molecule has 2 N–H and O–H groups in total. The lowest BCUT2D eigenvalue weighted by Gasteiger charge is -2.51. The van der Waals surface area contributed by atoms with Crippen LogP contribution in [-0.2, 0) is 9.47 Å². The van der Waals surface area contributed by atoms with E-state index in [9.17, 15) is 10.2 Å². The predicted molar refractivity (Wildman–Crippen MR) is 133 cm³/mol. The molecule has 5 aliphatic heterocycles. The Bertz CT molecular complexity index is 596. The number of ether oxygens (including phenoxy) is 2. The second kappa shape index (κ2) is 11.4. The fourth-order valence-corrected chi connectivity index (χ4v) is 7.58. The Morgan fingerprint density at radius 3 is 1.35 bits per heavy atom. The Hall–Kier alpha value is -0.240. The van der Waals surface area contributed by atoms with Gasteiger partial charge in [0.2, 0.25) is 0 Å². The molecular weight excluding hydrogens is 428 g/mol. The maximum absolute atomic E-state index is 11.6. The SMILES string of the molecule is O[C@]12CCCCCC[C@@H]3CCN4CCC[C@](O)(CCCCCC[C@@H]5CCN(CCC1)[C@@H]2O5)[C@H]4O3. The van der Waals surface area contributed by atoms with E-state index in [1.807, 2.05) is 0 Å². The first-order valence-electron chi connectivity index (χ1n) is 14.8. The molecule has 34 heavy (non-hydrogen) atoms. The molecule has 196 valence electrons. The van der Waals surface area contributed by atoms with Gasteiger partial charge in [-0.15, -0.1) is 0 Å². The summed E-state index contributed by atoms with van der Waals surface area (Å²) in [4.78, 5) is 4.83. The van der Waals surface area contributed by atoms with Crippen LogP contribution in [0.3, 0.4) is 0 Å². The summed E-state index contributed by atoms with van der Waals surface area (Å²) < 4.78 is 13.1. The van der Waals surface area contributed by atoms with Crippen molar-refractivity contribution in [2.45, 2.75) is 151 Å². The van der Waals surface area contributed by atoms with Crippen molar-refractivity contribution in [3.8, 4) is 0 Å². The summed E-state index contributed by atoms with van der Waals surface area (Å²) in [6.07, 6.45) is 19.7. The third-order valence-electron chi connectivity index (χ3n) is 9.58. The molecule has 5 saturated heterocycles. The van der Waals surface area contributed by atoms with Crippen LogP contribution in [0, 0.1) is 0 Å². The highest BCUT2D eigenvalue weighted by Gasteiger charge is 2.48. The summed E-state index contributed by atoms with van der Waals surface area (Å²) in [5.41, 5.74) is -1.34. The minimum Gasteiger partial charge on any atom is -0.386 e. The quantitative estimate of drug-likeness (QED) is 0.532. The number of nitrogens with zero attached hydrogens (tertiary/aromatic N) is 2. The summed E-state index contributed by atoms with van der Waals surface area (Å²) in [6, 6.07) is 0. The van der Waals surface area contributed by atoms with Gasteiger partial charge in [-0.25, -0.2) is 0 Å². The van der Waals surface area contributed by atoms with Crippen LogP contribution in [0.15, 0.2) is 0 Å². The Morgan fingerprint density at radius 2 is 0.882 bits per heavy atom. The number of piperidine rings is 2. The highest BCUT2D eigenvalue weighted by atomic mass is 16.5. The third kappa shape index (κ3) is 5.84. The van der Waals surface area contributed by atoms with Gasteiger partial charge in [-0.1, -0.05) is 51.4 Å². The van der Waals surface area contributed by atoms with E-state index in [1.54, 1.807) is 0 Å². The minimum atomic E-state index is -0.668. The maximum Gasteiger partial charge on any atom is 0.140 e. The van der Waals surface area contributed by atoms with Gasteiger partial charge in [0.25, 0.3) is 0 Å². The molecule has 0 amide bonds. The highest BCUT2D eigenvalue weighted by molar-refractivity contribution is 4.96. The van der Waals surface area contributed by atoms with Gasteiger partial charge in [-0.05, 0) is 64.2 Å². The Kier molecular flexibility index (Phi) is 8.55. The number of rotatable bonds is 0. The zero-order valence-electron chi connectivity index (χ0n) is 21.5. The van der Waals surface area contributed by atoms with Crippen molar-refractivity contribution in [3.63, 3.8) is 0 Å². The molecule has 5 fully saturated rings. The maximum atomic E-state index is 11.6. The van der Waals surface area contributed by atoms with E-state index in [-0.39, 0.29) is 12.5 Å². The van der Waals surface area contributed by atoms with Crippen molar-refractivity contribution in [1.29, 1.82) is 0 Å². The van der Waals surface area contributed by atoms with Crippen LogP contribution >= 0.6 is 0 Å². The number of aliphatic hydroxyl groups is 2. The summed E-state index contributed by atoms with van der Waals surface area (Å²) in [5.74, 6) is 0. The second-order valence-electron chi connectivity index (χ2n) is 12.2. The van der Waals surface area contributed by atoms with Gasteiger partial charge in [0.1, 0.15) is 23.7 Å². The first-order valence-corrected chi connectivity index (χ1v) is 14.8. The van der Waals surface area contributed by atoms with Crippen LogP contribution in [0.4, 0.5) is 0 Å². The van der Waals surface area contributed by atoms with E-state index < -0.39 is 11.2 Å². The lowest BCUT2D eigenvalue weighted by Crippen LogP contribution is -2.62. The highest BCUT2D eigenvalue weighted by Crippen LogP contribution is 2.39. The average Bonchev–Trinajstić information content (AvgIpc) is 2.84. The number of hydrogen-bond acceptors (Lipinski definition) is 6. The molecule has 4 bridgehead atoms. The third-order valence-corrected chi connectivity index (χ3v) is 9.58. The Balaban J connectivity index is 1.21. The molecule has 5 heterocycles. The van der Waals surface area contributed by atoms with Crippen molar-refractivity contribution in [1.82, 2.24) is 9.80 Å². The standard InChI is InChI=1S/C28H50N2O4/c31-27-15-7-3-1-5-11-23-13-21-29-20-10-18-28(32,26(29)33-23)16-8-4-2-6-12-24-14-22-30(19-9-17-27)25(27)34-24/h23-26,31-32H,1-22H2/t23-,24-,25-,26-,27-,28-/m1/s1. The topological polar surface area (TPSA) is 65.4 Å². The minimum absolute atomic E-state index is 0.0957. The molecule has 0 aromatic rings.